The quantitative estimate of drug-likeness (QED) is 0.800. The van der Waals surface area contributed by atoms with E-state index in [4.69, 9.17) is 10.5 Å². The molecule has 1 saturated heterocycles. The smallest absolute Gasteiger partial charge is 0.0757 e. The highest BCUT2D eigenvalue weighted by Crippen LogP contribution is 2.21. The molecule has 0 radical (unpaired) electrons. The van der Waals surface area contributed by atoms with Crippen molar-refractivity contribution in [2.45, 2.75) is 64.7 Å². The highest BCUT2D eigenvalue weighted by molar-refractivity contribution is 4.83. The van der Waals surface area contributed by atoms with E-state index in [1.54, 1.807) is 0 Å². The predicted molar refractivity (Wildman–Crippen MR) is 68.6 cm³/mol. The molecule has 1 rings (SSSR count). The molecule has 1 aliphatic rings. The first-order valence-corrected chi connectivity index (χ1v) is 6.37. The van der Waals surface area contributed by atoms with Crippen molar-refractivity contribution in [3.8, 4) is 0 Å². The number of morpholine rings is 1. The zero-order chi connectivity index (χ0) is 12.4. The van der Waals surface area contributed by atoms with Crippen LogP contribution >= 0.6 is 0 Å². The lowest BCUT2D eigenvalue weighted by atomic mass is 9.99. The van der Waals surface area contributed by atoms with Crippen molar-refractivity contribution in [1.29, 1.82) is 0 Å². The number of ether oxygens (including phenoxy) is 1. The summed E-state index contributed by atoms with van der Waals surface area (Å²) in [6.45, 7) is 13.9. The Labute approximate surface area is 100 Å². The van der Waals surface area contributed by atoms with Crippen LogP contribution in [-0.2, 0) is 4.74 Å². The number of rotatable bonds is 4. The van der Waals surface area contributed by atoms with Gasteiger partial charge in [0.05, 0.1) is 11.7 Å². The van der Waals surface area contributed by atoms with Gasteiger partial charge in [-0.15, -0.1) is 0 Å². The second-order valence-corrected chi connectivity index (χ2v) is 6.52. The van der Waals surface area contributed by atoms with E-state index in [1.165, 1.54) is 6.42 Å². The summed E-state index contributed by atoms with van der Waals surface area (Å²) >= 11 is 0. The fourth-order valence-electron chi connectivity index (χ4n) is 2.51. The maximum atomic E-state index is 5.99. The van der Waals surface area contributed by atoms with Crippen LogP contribution in [0.3, 0.4) is 0 Å². The lowest BCUT2D eigenvalue weighted by molar-refractivity contribution is -0.128. The van der Waals surface area contributed by atoms with Gasteiger partial charge in [0.1, 0.15) is 0 Å². The van der Waals surface area contributed by atoms with Gasteiger partial charge in [-0.3, -0.25) is 4.90 Å². The van der Waals surface area contributed by atoms with Crippen LogP contribution in [0.2, 0.25) is 0 Å². The van der Waals surface area contributed by atoms with E-state index in [-0.39, 0.29) is 11.1 Å². The van der Waals surface area contributed by atoms with Gasteiger partial charge in [0.15, 0.2) is 0 Å². The average molecular weight is 228 g/mol. The van der Waals surface area contributed by atoms with Crippen molar-refractivity contribution >= 4 is 0 Å². The molecule has 1 atom stereocenters. The molecule has 2 N–H and O–H groups in total. The highest BCUT2D eigenvalue weighted by Gasteiger charge is 2.30. The molecule has 96 valence electrons. The Morgan fingerprint density at radius 2 is 2.06 bits per heavy atom. The third-order valence-corrected chi connectivity index (χ3v) is 2.94. The van der Waals surface area contributed by atoms with Gasteiger partial charge in [-0.1, -0.05) is 0 Å². The molecule has 0 aliphatic carbocycles. The number of nitrogens with two attached hydrogens (primary N) is 1. The molecule has 0 spiro atoms. The summed E-state index contributed by atoms with van der Waals surface area (Å²) in [7, 11) is 0. The molecule has 3 heteroatoms. The SMILES string of the molecule is CC1CN(CCCC(C)(C)N)CC(C)(C)O1. The Kier molecular flexibility index (Phi) is 4.38. The third kappa shape index (κ3) is 5.28. The number of nitrogens with zero attached hydrogens (tertiary/aromatic N) is 1. The zero-order valence-corrected chi connectivity index (χ0v) is 11.5. The summed E-state index contributed by atoms with van der Waals surface area (Å²) in [5, 5.41) is 0. The van der Waals surface area contributed by atoms with Crippen molar-refractivity contribution in [2.24, 2.45) is 5.73 Å². The fourth-order valence-corrected chi connectivity index (χ4v) is 2.51. The molecule has 0 bridgehead atoms. The van der Waals surface area contributed by atoms with Gasteiger partial charge in [-0.2, -0.15) is 0 Å². The molecule has 0 saturated carbocycles. The molecule has 1 unspecified atom stereocenters. The summed E-state index contributed by atoms with van der Waals surface area (Å²) in [6.07, 6.45) is 2.60. The lowest BCUT2D eigenvalue weighted by Gasteiger charge is -2.42. The van der Waals surface area contributed by atoms with Crippen LogP contribution in [0.1, 0.15) is 47.5 Å². The van der Waals surface area contributed by atoms with Crippen LogP contribution in [-0.4, -0.2) is 41.8 Å². The van der Waals surface area contributed by atoms with Crippen molar-refractivity contribution in [3.63, 3.8) is 0 Å². The monoisotopic (exact) mass is 228 g/mol. The van der Waals surface area contributed by atoms with E-state index in [0.29, 0.717) is 6.10 Å². The topological polar surface area (TPSA) is 38.5 Å². The largest absolute Gasteiger partial charge is 0.370 e. The van der Waals surface area contributed by atoms with E-state index in [1.807, 2.05) is 0 Å². The fraction of sp³-hybridized carbons (Fsp3) is 1.00. The van der Waals surface area contributed by atoms with Gasteiger partial charge >= 0.3 is 0 Å². The molecule has 1 heterocycles. The first-order valence-electron chi connectivity index (χ1n) is 6.37. The van der Waals surface area contributed by atoms with Crippen molar-refractivity contribution in [3.05, 3.63) is 0 Å². The molecule has 1 aliphatic heterocycles. The van der Waals surface area contributed by atoms with E-state index in [2.05, 4.69) is 39.5 Å². The van der Waals surface area contributed by atoms with Crippen LogP contribution < -0.4 is 5.73 Å². The number of hydrogen-bond donors (Lipinski definition) is 1. The van der Waals surface area contributed by atoms with Gasteiger partial charge in [-0.05, 0) is 54.0 Å². The normalized spacial score (nSPS) is 27.0. The zero-order valence-electron chi connectivity index (χ0n) is 11.5. The van der Waals surface area contributed by atoms with Crippen LogP contribution in [0.25, 0.3) is 0 Å². The summed E-state index contributed by atoms with van der Waals surface area (Å²) in [5.74, 6) is 0. The molecule has 0 aromatic heterocycles. The van der Waals surface area contributed by atoms with E-state index in [9.17, 15) is 0 Å². The molecule has 16 heavy (non-hydrogen) atoms. The van der Waals surface area contributed by atoms with Gasteiger partial charge in [0, 0.05) is 18.6 Å². The van der Waals surface area contributed by atoms with E-state index < -0.39 is 0 Å². The number of hydrogen-bond acceptors (Lipinski definition) is 3. The first-order chi connectivity index (χ1) is 7.18. The first kappa shape index (κ1) is 13.9. The minimum absolute atomic E-state index is 0.00407. The summed E-state index contributed by atoms with van der Waals surface area (Å²) in [4.78, 5) is 2.50. The molecule has 0 aromatic rings. The molecular formula is C13H28N2O. The second kappa shape index (κ2) is 5.03. The van der Waals surface area contributed by atoms with Crippen molar-refractivity contribution in [2.75, 3.05) is 19.6 Å². The average Bonchev–Trinajstić information content (AvgIpc) is 1.96. The summed E-state index contributed by atoms with van der Waals surface area (Å²) in [5.41, 5.74) is 5.95. The standard InChI is InChI=1S/C13H28N2O/c1-11-9-15(10-13(4,5)16-11)8-6-7-12(2,3)14/h11H,6-10,14H2,1-5H3. The Hall–Kier alpha value is -0.120. The summed E-state index contributed by atoms with van der Waals surface area (Å²) in [6, 6.07) is 0. The minimum Gasteiger partial charge on any atom is -0.370 e. The van der Waals surface area contributed by atoms with Crippen molar-refractivity contribution in [1.82, 2.24) is 4.90 Å². The molecule has 0 aromatic carbocycles. The Morgan fingerprint density at radius 1 is 1.44 bits per heavy atom. The van der Waals surface area contributed by atoms with Gasteiger partial charge in [-0.25, -0.2) is 0 Å². The van der Waals surface area contributed by atoms with E-state index >= 15 is 0 Å². The Bertz CT molecular complexity index is 220. The van der Waals surface area contributed by atoms with Crippen LogP contribution in [0, 0.1) is 0 Å². The molecular weight excluding hydrogens is 200 g/mol. The molecule has 0 amide bonds. The second-order valence-electron chi connectivity index (χ2n) is 6.52. The van der Waals surface area contributed by atoms with Gasteiger partial charge in [0.2, 0.25) is 0 Å². The van der Waals surface area contributed by atoms with E-state index in [0.717, 1.165) is 26.1 Å². The predicted octanol–water partition coefficient (Wildman–Crippen LogP) is 2.00. The van der Waals surface area contributed by atoms with Crippen LogP contribution in [0.15, 0.2) is 0 Å². The van der Waals surface area contributed by atoms with Gasteiger partial charge in [0.25, 0.3) is 0 Å². The molecule has 3 nitrogen and oxygen atoms in total. The maximum absolute atomic E-state index is 5.99. The highest BCUT2D eigenvalue weighted by atomic mass is 16.5. The maximum Gasteiger partial charge on any atom is 0.0757 e. The molecule has 1 fully saturated rings. The summed E-state index contributed by atoms with van der Waals surface area (Å²) < 4.78 is 5.88. The van der Waals surface area contributed by atoms with Crippen LogP contribution in [0.4, 0.5) is 0 Å². The van der Waals surface area contributed by atoms with Gasteiger partial charge < -0.3 is 10.5 Å². The minimum atomic E-state index is -0.0343. The Balaban J connectivity index is 2.32. The third-order valence-electron chi connectivity index (χ3n) is 2.94. The lowest BCUT2D eigenvalue weighted by Crippen LogP contribution is -2.52. The van der Waals surface area contributed by atoms with Crippen molar-refractivity contribution < 1.29 is 4.74 Å². The van der Waals surface area contributed by atoms with Crippen LogP contribution in [0.5, 0.6) is 0 Å². The Morgan fingerprint density at radius 3 is 2.56 bits per heavy atom.